The molecule has 3 rings (SSSR count). The van der Waals surface area contributed by atoms with Gasteiger partial charge in [-0.1, -0.05) is 25.1 Å². The molecule has 0 bridgehead atoms. The Hall–Kier alpha value is -2.43. The second-order valence-electron chi connectivity index (χ2n) is 6.64. The molecule has 1 aliphatic heterocycles. The Morgan fingerprint density at radius 2 is 2.04 bits per heavy atom. The van der Waals surface area contributed by atoms with Crippen LogP contribution in [-0.4, -0.2) is 25.5 Å². The minimum Gasteiger partial charge on any atom is -0.493 e. The van der Waals surface area contributed by atoms with Gasteiger partial charge in [0.05, 0.1) is 12.7 Å². The Bertz CT molecular complexity index is 835. The number of hydrogen-bond acceptors (Lipinski definition) is 3. The summed E-state index contributed by atoms with van der Waals surface area (Å²) < 4.78 is 34.3. The fourth-order valence-electron chi connectivity index (χ4n) is 3.70. The van der Waals surface area contributed by atoms with Gasteiger partial charge < -0.3 is 9.64 Å². The van der Waals surface area contributed by atoms with Crippen molar-refractivity contribution in [2.24, 2.45) is 0 Å². The van der Waals surface area contributed by atoms with E-state index in [2.05, 4.69) is 17.0 Å². The van der Waals surface area contributed by atoms with Crippen LogP contribution in [0, 0.1) is 11.6 Å². The van der Waals surface area contributed by atoms with Crippen LogP contribution in [0.3, 0.4) is 0 Å². The topological polar surface area (TPSA) is 29.5 Å². The third-order valence-corrected chi connectivity index (χ3v) is 5.02. The molecule has 3 nitrogen and oxygen atoms in total. The molecule has 1 atom stereocenters. The normalized spacial score (nSPS) is 14.3. The highest BCUT2D eigenvalue weighted by Gasteiger charge is 2.27. The van der Waals surface area contributed by atoms with Crippen molar-refractivity contribution in [3.05, 3.63) is 58.7 Å². The maximum Gasteiger partial charge on any atom is 0.179 e. The summed E-state index contributed by atoms with van der Waals surface area (Å²) >= 11 is 0. The molecule has 138 valence electrons. The monoisotopic (exact) mass is 359 g/mol. The molecule has 0 fully saturated rings. The van der Waals surface area contributed by atoms with Crippen molar-refractivity contribution in [3.8, 4) is 5.75 Å². The van der Waals surface area contributed by atoms with E-state index in [1.807, 2.05) is 19.1 Å². The van der Waals surface area contributed by atoms with E-state index in [0.717, 1.165) is 18.7 Å². The summed E-state index contributed by atoms with van der Waals surface area (Å²) in [7, 11) is 1.34. The molecule has 0 aliphatic carbocycles. The summed E-state index contributed by atoms with van der Waals surface area (Å²) in [5.41, 5.74) is 2.38. The zero-order valence-electron chi connectivity index (χ0n) is 15.3. The average Bonchev–Trinajstić information content (AvgIpc) is 3.05. The van der Waals surface area contributed by atoms with Gasteiger partial charge in [-0.3, -0.25) is 4.79 Å². The smallest absolute Gasteiger partial charge is 0.179 e. The number of hydrogen-bond donors (Lipinski definition) is 0. The molecule has 0 saturated heterocycles. The van der Waals surface area contributed by atoms with Gasteiger partial charge in [-0.05, 0) is 37.5 Å². The number of rotatable bonds is 6. The van der Waals surface area contributed by atoms with Crippen molar-refractivity contribution in [2.75, 3.05) is 18.6 Å². The van der Waals surface area contributed by atoms with Crippen LogP contribution in [0.25, 0.3) is 0 Å². The number of carbonyl (C=O) groups is 1. The number of nitrogens with zero attached hydrogens (tertiary/aromatic N) is 1. The molecule has 1 aliphatic rings. The molecule has 2 aromatic rings. The number of anilines is 1. The lowest BCUT2D eigenvalue weighted by Crippen LogP contribution is -2.33. The van der Waals surface area contributed by atoms with Gasteiger partial charge in [-0.2, -0.15) is 0 Å². The van der Waals surface area contributed by atoms with Gasteiger partial charge in [0.25, 0.3) is 0 Å². The Kier molecular flexibility index (Phi) is 5.25. The van der Waals surface area contributed by atoms with Crippen LogP contribution in [-0.2, 0) is 12.8 Å². The summed E-state index contributed by atoms with van der Waals surface area (Å²) in [5.74, 6) is -2.32. The van der Waals surface area contributed by atoms with Gasteiger partial charge in [0, 0.05) is 30.3 Å². The molecular weight excluding hydrogens is 336 g/mol. The van der Waals surface area contributed by atoms with Crippen LogP contribution in [0.1, 0.15) is 41.8 Å². The molecule has 1 heterocycles. The summed E-state index contributed by atoms with van der Waals surface area (Å²) in [6, 6.07) is 9.47. The zero-order chi connectivity index (χ0) is 18.8. The first-order valence-electron chi connectivity index (χ1n) is 8.90. The van der Waals surface area contributed by atoms with Crippen molar-refractivity contribution in [1.29, 1.82) is 0 Å². The van der Waals surface area contributed by atoms with E-state index in [9.17, 15) is 13.6 Å². The van der Waals surface area contributed by atoms with Crippen LogP contribution in [0.2, 0.25) is 0 Å². The highest BCUT2D eigenvalue weighted by atomic mass is 19.1. The molecule has 0 aromatic heterocycles. The Morgan fingerprint density at radius 1 is 1.31 bits per heavy atom. The number of methoxy groups -OCH3 is 1. The van der Waals surface area contributed by atoms with Crippen molar-refractivity contribution >= 4 is 11.5 Å². The molecule has 0 amide bonds. The van der Waals surface area contributed by atoms with Crippen LogP contribution >= 0.6 is 0 Å². The molecule has 26 heavy (non-hydrogen) atoms. The summed E-state index contributed by atoms with van der Waals surface area (Å²) in [6.45, 7) is 4.48. The second-order valence-corrected chi connectivity index (χ2v) is 6.64. The molecule has 0 spiro atoms. The fraction of sp³-hybridized carbons (Fsp3) is 0.381. The number of ether oxygens (including phenoxy) is 1. The molecule has 5 heteroatoms. The number of para-hydroxylation sites is 1. The van der Waals surface area contributed by atoms with Crippen LogP contribution in [0.15, 0.2) is 30.3 Å². The predicted molar refractivity (Wildman–Crippen MR) is 98.2 cm³/mol. The van der Waals surface area contributed by atoms with E-state index in [1.165, 1.54) is 18.7 Å². The van der Waals surface area contributed by atoms with Gasteiger partial charge in [-0.15, -0.1) is 0 Å². The predicted octanol–water partition coefficient (Wildman–Crippen LogP) is 4.56. The van der Waals surface area contributed by atoms with Crippen molar-refractivity contribution in [2.45, 2.75) is 39.2 Å². The minimum atomic E-state index is -0.900. The first-order chi connectivity index (χ1) is 12.5. The molecule has 0 saturated carbocycles. The van der Waals surface area contributed by atoms with Gasteiger partial charge in [0.15, 0.2) is 17.3 Å². The molecule has 0 N–H and O–H groups in total. The van der Waals surface area contributed by atoms with Crippen molar-refractivity contribution in [3.63, 3.8) is 0 Å². The Balaban J connectivity index is 1.92. The number of fused-ring (bicyclic) bond motifs is 1. The maximum absolute atomic E-state index is 14.7. The van der Waals surface area contributed by atoms with Gasteiger partial charge in [-0.25, -0.2) is 8.78 Å². The summed E-state index contributed by atoms with van der Waals surface area (Å²) in [4.78, 5) is 14.1. The first kappa shape index (κ1) is 18.4. The number of carbonyl (C=O) groups excluding carboxylic acids is 1. The van der Waals surface area contributed by atoms with E-state index in [-0.39, 0.29) is 18.2 Å². The first-order valence-corrected chi connectivity index (χ1v) is 8.90. The van der Waals surface area contributed by atoms with Gasteiger partial charge in [0.2, 0.25) is 0 Å². The Labute approximate surface area is 152 Å². The van der Waals surface area contributed by atoms with E-state index < -0.39 is 23.0 Å². The number of Topliss-reactive ketones (excluding diaryl/α,β-unsaturated/α-hetero) is 1. The maximum atomic E-state index is 14.7. The SMILES string of the molecule is CCC(=O)c1c(F)cc(CC(C)N2CCc3ccccc32)c(OC)c1F. The van der Waals surface area contributed by atoms with E-state index in [4.69, 9.17) is 4.74 Å². The van der Waals surface area contributed by atoms with Crippen LogP contribution in [0.4, 0.5) is 14.5 Å². The summed E-state index contributed by atoms with van der Waals surface area (Å²) in [6.07, 6.45) is 1.42. The highest BCUT2D eigenvalue weighted by Crippen LogP contribution is 2.33. The second kappa shape index (κ2) is 7.44. The third kappa shape index (κ3) is 3.18. The quantitative estimate of drug-likeness (QED) is 0.708. The lowest BCUT2D eigenvalue weighted by atomic mass is 9.99. The van der Waals surface area contributed by atoms with Gasteiger partial charge in [0.1, 0.15) is 5.82 Å². The van der Waals surface area contributed by atoms with Crippen molar-refractivity contribution in [1.82, 2.24) is 0 Å². The molecule has 1 unspecified atom stereocenters. The highest BCUT2D eigenvalue weighted by molar-refractivity contribution is 5.97. The van der Waals surface area contributed by atoms with E-state index >= 15 is 0 Å². The number of ketones is 1. The molecule has 2 aromatic carbocycles. The van der Waals surface area contributed by atoms with E-state index in [1.54, 1.807) is 6.92 Å². The lowest BCUT2D eigenvalue weighted by molar-refractivity contribution is 0.0979. The molecular formula is C21H23F2NO2. The van der Waals surface area contributed by atoms with Crippen LogP contribution < -0.4 is 9.64 Å². The average molecular weight is 359 g/mol. The fourth-order valence-corrected chi connectivity index (χ4v) is 3.70. The number of benzene rings is 2. The zero-order valence-corrected chi connectivity index (χ0v) is 15.3. The standard InChI is InChI=1S/C21H23F2NO2/c1-4-18(25)19-16(22)12-15(21(26-3)20(19)23)11-13(2)24-10-9-14-7-5-6-8-17(14)24/h5-8,12-13H,4,9-11H2,1-3H3. The summed E-state index contributed by atoms with van der Waals surface area (Å²) in [5, 5.41) is 0. The van der Waals surface area contributed by atoms with E-state index in [0.29, 0.717) is 12.0 Å². The van der Waals surface area contributed by atoms with Crippen molar-refractivity contribution < 1.29 is 18.3 Å². The number of halogens is 2. The minimum absolute atomic E-state index is 0.0390. The Morgan fingerprint density at radius 3 is 2.73 bits per heavy atom. The van der Waals surface area contributed by atoms with Crippen LogP contribution in [0.5, 0.6) is 5.75 Å². The lowest BCUT2D eigenvalue weighted by Gasteiger charge is -2.28. The van der Waals surface area contributed by atoms with Gasteiger partial charge >= 0.3 is 0 Å². The largest absolute Gasteiger partial charge is 0.493 e. The third-order valence-electron chi connectivity index (χ3n) is 5.02. The molecule has 0 radical (unpaired) electrons.